The molecule has 0 bridgehead atoms. The topological polar surface area (TPSA) is 147 Å². The Morgan fingerprint density at radius 1 is 0.816 bits per heavy atom. The number of aliphatic hydroxyl groups is 1. The van der Waals surface area contributed by atoms with E-state index in [0.717, 1.165) is 64.2 Å². The third-order valence-corrected chi connectivity index (χ3v) is 12.3. The maximum atomic E-state index is 11.4. The molecule has 0 radical (unpaired) electrons. The van der Waals surface area contributed by atoms with Crippen molar-refractivity contribution in [2.75, 3.05) is 6.61 Å². The maximum absolute atomic E-state index is 11.4. The quantitative estimate of drug-likeness (QED) is 0.301. The highest BCUT2D eigenvalue weighted by Crippen LogP contribution is 2.68. The number of rotatable bonds is 10. The van der Waals surface area contributed by atoms with Gasteiger partial charge in [0.2, 0.25) is 0 Å². The summed E-state index contributed by atoms with van der Waals surface area (Å²) in [6.07, 6.45) is 8.21. The molecule has 0 aromatic carbocycles. The van der Waals surface area contributed by atoms with Crippen molar-refractivity contribution in [2.45, 2.75) is 111 Å². The largest absolute Gasteiger partial charge is 0.397 e. The second-order valence-corrected chi connectivity index (χ2v) is 15.8. The molecule has 0 aliphatic heterocycles. The Labute approximate surface area is 229 Å². The molecule has 0 amide bonds. The summed E-state index contributed by atoms with van der Waals surface area (Å²) < 4.78 is 73.8. The average molecular weight is 581 g/mol. The summed E-state index contributed by atoms with van der Waals surface area (Å²) in [6.45, 7) is 9.04. The summed E-state index contributed by atoms with van der Waals surface area (Å²) >= 11 is 0. The standard InChI is InChI=1S/C27H48O9S2/c1-17(2)6-5-7-18(16-35-37(29,30)31)20-10-11-21-19-8-9-23-25(28)24(36-38(32,33)34)13-15-27(23,4)22(19)12-14-26(20,21)3/h17-25,28H,5-16H2,1-4H3,(H,29,30,31)(H,32,33,34)/t18-,19-,20+,21-,22-,23-,24+,25+,26+,27+/m0/s1. The van der Waals surface area contributed by atoms with Crippen LogP contribution in [-0.4, -0.2) is 49.9 Å². The van der Waals surface area contributed by atoms with Crippen molar-refractivity contribution in [3.05, 3.63) is 0 Å². The Hall–Kier alpha value is -0.300. The van der Waals surface area contributed by atoms with Crippen LogP contribution in [0.25, 0.3) is 0 Å². The lowest BCUT2D eigenvalue weighted by Crippen LogP contribution is -2.59. The molecule has 0 spiro atoms. The fourth-order valence-corrected chi connectivity index (χ4v) is 10.6. The highest BCUT2D eigenvalue weighted by Gasteiger charge is 2.62. The van der Waals surface area contributed by atoms with E-state index in [1.165, 1.54) is 0 Å². The minimum absolute atomic E-state index is 0.0269. The minimum atomic E-state index is -4.62. The van der Waals surface area contributed by atoms with Crippen molar-refractivity contribution >= 4 is 20.8 Å². The fourth-order valence-electron chi connectivity index (χ4n) is 9.74. The summed E-state index contributed by atoms with van der Waals surface area (Å²) in [6, 6.07) is 0. The highest BCUT2D eigenvalue weighted by molar-refractivity contribution is 7.81. The van der Waals surface area contributed by atoms with Gasteiger partial charge in [-0.05, 0) is 110 Å². The first-order valence-corrected chi connectivity index (χ1v) is 17.2. The molecule has 9 nitrogen and oxygen atoms in total. The lowest BCUT2D eigenvalue weighted by Gasteiger charge is -2.62. The SMILES string of the molecule is CC(C)CCC[C@@H](COS(=O)(=O)O)[C@H]1CC[C@H]2[C@@H]3CC[C@H]4[C@@H](O)[C@H](OS(=O)(=O)O)CC[C@]4(C)[C@H]3CC[C@]12C. The third kappa shape index (κ3) is 6.29. The molecule has 0 unspecified atom stereocenters. The van der Waals surface area contributed by atoms with E-state index in [1.807, 2.05) is 0 Å². The molecule has 11 heteroatoms. The molecule has 4 aliphatic carbocycles. The van der Waals surface area contributed by atoms with E-state index in [-0.39, 0.29) is 29.3 Å². The van der Waals surface area contributed by atoms with E-state index in [4.69, 9.17) is 8.37 Å². The summed E-state index contributed by atoms with van der Waals surface area (Å²) in [4.78, 5) is 0. The van der Waals surface area contributed by atoms with E-state index in [0.29, 0.717) is 36.0 Å². The summed E-state index contributed by atoms with van der Waals surface area (Å²) in [5, 5.41) is 11.1. The van der Waals surface area contributed by atoms with E-state index >= 15 is 0 Å². The van der Waals surface area contributed by atoms with Crippen molar-refractivity contribution in [3.63, 3.8) is 0 Å². The second kappa shape index (κ2) is 11.2. The van der Waals surface area contributed by atoms with Crippen molar-refractivity contribution in [1.29, 1.82) is 0 Å². The molecular weight excluding hydrogens is 532 g/mol. The van der Waals surface area contributed by atoms with Gasteiger partial charge in [-0.25, -0.2) is 8.37 Å². The molecule has 4 fully saturated rings. The maximum Gasteiger partial charge on any atom is 0.397 e. The van der Waals surface area contributed by atoms with Gasteiger partial charge in [0.05, 0.1) is 12.7 Å². The lowest BCUT2D eigenvalue weighted by molar-refractivity contribution is -0.171. The predicted octanol–water partition coefficient (Wildman–Crippen LogP) is 5.07. The number of aliphatic hydroxyl groups excluding tert-OH is 1. The summed E-state index contributed by atoms with van der Waals surface area (Å²) in [5.41, 5.74) is -0.0507. The van der Waals surface area contributed by atoms with Crippen LogP contribution in [0.2, 0.25) is 0 Å². The van der Waals surface area contributed by atoms with Crippen LogP contribution in [0.5, 0.6) is 0 Å². The first-order chi connectivity index (χ1) is 17.6. The molecule has 222 valence electrons. The van der Waals surface area contributed by atoms with Gasteiger partial charge in [-0.1, -0.05) is 40.5 Å². The van der Waals surface area contributed by atoms with Crippen molar-refractivity contribution < 1.29 is 39.4 Å². The Balaban J connectivity index is 1.51. The van der Waals surface area contributed by atoms with E-state index in [9.17, 15) is 31.0 Å². The average Bonchev–Trinajstić information content (AvgIpc) is 3.14. The predicted molar refractivity (Wildman–Crippen MR) is 143 cm³/mol. The molecule has 4 rings (SSSR count). The minimum Gasteiger partial charge on any atom is -0.390 e. The van der Waals surface area contributed by atoms with Gasteiger partial charge < -0.3 is 5.11 Å². The van der Waals surface area contributed by atoms with E-state index in [1.54, 1.807) is 0 Å². The van der Waals surface area contributed by atoms with Crippen molar-refractivity contribution in [2.24, 2.45) is 52.3 Å². The van der Waals surface area contributed by atoms with E-state index < -0.39 is 33.0 Å². The van der Waals surface area contributed by atoms with Crippen LogP contribution >= 0.6 is 0 Å². The van der Waals surface area contributed by atoms with Crippen LogP contribution in [-0.2, 0) is 29.2 Å². The Morgan fingerprint density at radius 3 is 2.08 bits per heavy atom. The zero-order chi connectivity index (χ0) is 28.1. The van der Waals surface area contributed by atoms with Gasteiger partial charge in [-0.2, -0.15) is 16.8 Å². The number of hydrogen-bond donors (Lipinski definition) is 3. The van der Waals surface area contributed by atoms with Gasteiger partial charge in [-0.3, -0.25) is 9.11 Å². The summed E-state index contributed by atoms with van der Waals surface area (Å²) in [5.74, 6) is 2.34. The molecule has 0 aromatic rings. The normalized spacial score (nSPS) is 42.4. The summed E-state index contributed by atoms with van der Waals surface area (Å²) in [7, 11) is -9.11. The molecule has 4 saturated carbocycles. The molecule has 0 aromatic heterocycles. The molecule has 0 saturated heterocycles. The first-order valence-electron chi connectivity index (χ1n) is 14.5. The molecule has 38 heavy (non-hydrogen) atoms. The van der Waals surface area contributed by atoms with Crippen LogP contribution in [0.1, 0.15) is 98.3 Å². The Bertz CT molecular complexity index is 1040. The molecule has 3 N–H and O–H groups in total. The van der Waals surface area contributed by atoms with Crippen LogP contribution < -0.4 is 0 Å². The van der Waals surface area contributed by atoms with Gasteiger partial charge in [0.1, 0.15) is 6.10 Å². The number of fused-ring (bicyclic) bond motifs is 5. The highest BCUT2D eigenvalue weighted by atomic mass is 32.3. The van der Waals surface area contributed by atoms with Gasteiger partial charge in [0.15, 0.2) is 0 Å². The monoisotopic (exact) mass is 580 g/mol. The van der Waals surface area contributed by atoms with Crippen molar-refractivity contribution in [1.82, 2.24) is 0 Å². The molecular formula is C27H48O9S2. The van der Waals surface area contributed by atoms with Crippen LogP contribution in [0.3, 0.4) is 0 Å². The van der Waals surface area contributed by atoms with E-state index in [2.05, 4.69) is 27.7 Å². The fraction of sp³-hybridized carbons (Fsp3) is 1.00. The van der Waals surface area contributed by atoms with Crippen LogP contribution in [0.4, 0.5) is 0 Å². The van der Waals surface area contributed by atoms with Crippen LogP contribution in [0.15, 0.2) is 0 Å². The smallest absolute Gasteiger partial charge is 0.390 e. The molecule has 10 atom stereocenters. The van der Waals surface area contributed by atoms with Gasteiger partial charge in [0, 0.05) is 0 Å². The second-order valence-electron chi connectivity index (χ2n) is 13.7. The number of hydrogen-bond acceptors (Lipinski definition) is 7. The third-order valence-electron chi connectivity index (χ3n) is 11.4. The van der Waals surface area contributed by atoms with Gasteiger partial charge in [-0.15, -0.1) is 0 Å². The zero-order valence-electron chi connectivity index (χ0n) is 23.3. The first kappa shape index (κ1) is 30.7. The Morgan fingerprint density at radius 2 is 1.45 bits per heavy atom. The van der Waals surface area contributed by atoms with Gasteiger partial charge in [0.25, 0.3) is 0 Å². The van der Waals surface area contributed by atoms with Gasteiger partial charge >= 0.3 is 20.8 Å². The lowest BCUT2D eigenvalue weighted by atomic mass is 9.44. The van der Waals surface area contributed by atoms with Crippen LogP contribution in [0, 0.1) is 52.3 Å². The zero-order valence-corrected chi connectivity index (χ0v) is 24.9. The Kier molecular flexibility index (Phi) is 9.01. The molecule has 0 heterocycles. The molecule has 4 aliphatic rings. The van der Waals surface area contributed by atoms with Crippen molar-refractivity contribution in [3.8, 4) is 0 Å².